The van der Waals surface area contributed by atoms with Gasteiger partial charge in [0, 0.05) is 8.95 Å². The van der Waals surface area contributed by atoms with Gasteiger partial charge in [-0.3, -0.25) is 0 Å². The zero-order chi connectivity index (χ0) is 17.2. The van der Waals surface area contributed by atoms with Crippen molar-refractivity contribution in [1.82, 2.24) is 0 Å². The molecule has 0 atom stereocenters. The van der Waals surface area contributed by atoms with Crippen LogP contribution >= 0.6 is 31.9 Å². The van der Waals surface area contributed by atoms with Crippen LogP contribution in [0.25, 0.3) is 0 Å². The van der Waals surface area contributed by atoms with Gasteiger partial charge >= 0.3 is 0 Å². The van der Waals surface area contributed by atoms with Gasteiger partial charge in [0.25, 0.3) is 0 Å². The molecule has 0 heterocycles. The van der Waals surface area contributed by atoms with Crippen LogP contribution in [-0.4, -0.2) is 5.11 Å². The molecule has 0 aliphatic rings. The third-order valence-corrected chi connectivity index (χ3v) is 4.03. The number of rotatable bonds is 4. The lowest BCUT2D eigenvalue weighted by Gasteiger charge is -2.07. The predicted octanol–water partition coefficient (Wildman–Crippen LogP) is 5.97. The molecule has 0 saturated carbocycles. The second kappa shape index (κ2) is 10.3. The van der Waals surface area contributed by atoms with E-state index < -0.39 is 0 Å². The summed E-state index contributed by atoms with van der Waals surface area (Å²) >= 11 is 6.86. The van der Waals surface area contributed by atoms with Gasteiger partial charge in [0.05, 0.1) is 6.61 Å². The molecule has 3 rings (SSSR count). The molecule has 0 unspecified atom stereocenters. The standard InChI is InChI=1S/C13H10Br2O.C7H8O/c14-11-6-12(15)8-13(7-11)16-9-10-4-2-1-3-5-10;8-6-7-4-2-1-3-5-7/h1-8H,9H2;1-5,8H,6H2. The highest BCUT2D eigenvalue weighted by Crippen LogP contribution is 2.25. The number of hydrogen-bond acceptors (Lipinski definition) is 2. The maximum absolute atomic E-state index is 8.54. The molecule has 0 spiro atoms. The van der Waals surface area contributed by atoms with Crippen molar-refractivity contribution in [3.8, 4) is 5.75 Å². The summed E-state index contributed by atoms with van der Waals surface area (Å²) in [5, 5.41) is 8.54. The molecule has 2 nitrogen and oxygen atoms in total. The van der Waals surface area contributed by atoms with Gasteiger partial charge in [-0.1, -0.05) is 92.5 Å². The minimum absolute atomic E-state index is 0.140. The maximum Gasteiger partial charge on any atom is 0.122 e. The fourth-order valence-corrected chi connectivity index (χ4v) is 3.19. The number of aliphatic hydroxyl groups excluding tert-OH is 1. The average Bonchev–Trinajstić information content (AvgIpc) is 2.61. The molecule has 1 N–H and O–H groups in total. The van der Waals surface area contributed by atoms with Crippen LogP contribution < -0.4 is 4.74 Å². The zero-order valence-corrected chi connectivity index (χ0v) is 16.2. The lowest BCUT2D eigenvalue weighted by molar-refractivity contribution is 0.282. The predicted molar refractivity (Wildman–Crippen MR) is 105 cm³/mol. The van der Waals surface area contributed by atoms with Gasteiger partial charge in [0.2, 0.25) is 0 Å². The highest BCUT2D eigenvalue weighted by molar-refractivity contribution is 9.11. The van der Waals surface area contributed by atoms with Crippen molar-refractivity contribution in [2.75, 3.05) is 0 Å². The molecular formula is C20H18Br2O2. The van der Waals surface area contributed by atoms with E-state index in [0.29, 0.717) is 6.61 Å². The summed E-state index contributed by atoms with van der Waals surface area (Å²) in [5.41, 5.74) is 2.13. The number of ether oxygens (including phenoxy) is 1. The number of halogens is 2. The van der Waals surface area contributed by atoms with Crippen molar-refractivity contribution in [2.45, 2.75) is 13.2 Å². The van der Waals surface area contributed by atoms with E-state index in [1.54, 1.807) is 0 Å². The molecule has 0 aliphatic heterocycles. The molecule has 24 heavy (non-hydrogen) atoms. The van der Waals surface area contributed by atoms with Crippen molar-refractivity contribution < 1.29 is 9.84 Å². The summed E-state index contributed by atoms with van der Waals surface area (Å²) in [6, 6.07) is 25.5. The van der Waals surface area contributed by atoms with Crippen molar-refractivity contribution in [3.63, 3.8) is 0 Å². The first kappa shape index (κ1) is 18.7. The molecule has 0 saturated heterocycles. The summed E-state index contributed by atoms with van der Waals surface area (Å²) < 4.78 is 7.70. The minimum Gasteiger partial charge on any atom is -0.489 e. The quantitative estimate of drug-likeness (QED) is 0.531. The van der Waals surface area contributed by atoms with E-state index in [0.717, 1.165) is 20.3 Å². The summed E-state index contributed by atoms with van der Waals surface area (Å²) in [5.74, 6) is 0.852. The molecule has 0 bridgehead atoms. The molecule has 0 aliphatic carbocycles. The van der Waals surface area contributed by atoms with Gasteiger partial charge in [-0.05, 0) is 29.3 Å². The van der Waals surface area contributed by atoms with Gasteiger partial charge in [-0.25, -0.2) is 0 Å². The zero-order valence-electron chi connectivity index (χ0n) is 13.0. The Bertz CT molecular complexity index is 711. The SMILES string of the molecule is Brc1cc(Br)cc(OCc2ccccc2)c1.OCc1ccccc1. The first-order valence-corrected chi connectivity index (χ1v) is 9.03. The van der Waals surface area contributed by atoms with Crippen LogP contribution in [0.15, 0.2) is 87.8 Å². The van der Waals surface area contributed by atoms with Crippen LogP contribution in [0.1, 0.15) is 11.1 Å². The van der Waals surface area contributed by atoms with Crippen molar-refractivity contribution in [2.24, 2.45) is 0 Å². The minimum atomic E-state index is 0.140. The fourth-order valence-electron chi connectivity index (χ4n) is 1.94. The summed E-state index contributed by atoms with van der Waals surface area (Å²) in [4.78, 5) is 0. The molecule has 0 aromatic heterocycles. The van der Waals surface area contributed by atoms with E-state index in [1.165, 1.54) is 5.56 Å². The largest absolute Gasteiger partial charge is 0.489 e. The Labute approximate surface area is 159 Å². The third kappa shape index (κ3) is 6.87. The highest BCUT2D eigenvalue weighted by atomic mass is 79.9. The maximum atomic E-state index is 8.54. The fraction of sp³-hybridized carbons (Fsp3) is 0.100. The molecule has 4 heteroatoms. The molecule has 0 fully saturated rings. The Hall–Kier alpha value is -1.62. The van der Waals surface area contributed by atoms with E-state index in [2.05, 4.69) is 31.9 Å². The normalized spacial score (nSPS) is 9.79. The van der Waals surface area contributed by atoms with Crippen LogP contribution in [0.4, 0.5) is 0 Å². The second-order valence-electron chi connectivity index (χ2n) is 5.02. The Morgan fingerprint density at radius 2 is 1.21 bits per heavy atom. The summed E-state index contributed by atoms with van der Waals surface area (Å²) in [6.07, 6.45) is 0. The van der Waals surface area contributed by atoms with Gasteiger partial charge in [0.1, 0.15) is 12.4 Å². The first-order chi connectivity index (χ1) is 11.7. The van der Waals surface area contributed by atoms with Gasteiger partial charge in [-0.2, -0.15) is 0 Å². The van der Waals surface area contributed by atoms with Crippen LogP contribution in [0.3, 0.4) is 0 Å². The molecule has 3 aromatic rings. The van der Waals surface area contributed by atoms with E-state index in [9.17, 15) is 0 Å². The van der Waals surface area contributed by atoms with Crippen molar-refractivity contribution in [1.29, 1.82) is 0 Å². The molecule has 0 radical (unpaired) electrons. The number of benzene rings is 3. The monoisotopic (exact) mass is 448 g/mol. The molecule has 0 amide bonds. The first-order valence-electron chi connectivity index (χ1n) is 7.45. The Balaban J connectivity index is 0.000000219. The summed E-state index contributed by atoms with van der Waals surface area (Å²) in [7, 11) is 0. The molecule has 3 aromatic carbocycles. The van der Waals surface area contributed by atoms with Crippen LogP contribution in [0.2, 0.25) is 0 Å². The lowest BCUT2D eigenvalue weighted by atomic mass is 10.2. The topological polar surface area (TPSA) is 29.5 Å². The highest BCUT2D eigenvalue weighted by Gasteiger charge is 1.99. The van der Waals surface area contributed by atoms with E-state index in [4.69, 9.17) is 9.84 Å². The smallest absolute Gasteiger partial charge is 0.122 e. The Kier molecular flexibility index (Phi) is 8.02. The average molecular weight is 450 g/mol. The van der Waals surface area contributed by atoms with Crippen molar-refractivity contribution in [3.05, 3.63) is 98.9 Å². The van der Waals surface area contributed by atoms with Crippen molar-refractivity contribution >= 4 is 31.9 Å². The number of hydrogen-bond donors (Lipinski definition) is 1. The van der Waals surface area contributed by atoms with E-state index in [-0.39, 0.29) is 6.61 Å². The second-order valence-corrected chi connectivity index (χ2v) is 6.85. The molecule has 124 valence electrons. The van der Waals surface area contributed by atoms with E-state index >= 15 is 0 Å². The number of aliphatic hydroxyl groups is 1. The van der Waals surface area contributed by atoms with Crippen LogP contribution in [0, 0.1) is 0 Å². The van der Waals surface area contributed by atoms with Gasteiger partial charge < -0.3 is 9.84 Å². The summed E-state index contributed by atoms with van der Waals surface area (Å²) in [6.45, 7) is 0.727. The van der Waals surface area contributed by atoms with E-state index in [1.807, 2.05) is 78.9 Å². The lowest BCUT2D eigenvalue weighted by Crippen LogP contribution is -1.94. The van der Waals surface area contributed by atoms with Gasteiger partial charge in [0.15, 0.2) is 0 Å². The van der Waals surface area contributed by atoms with Gasteiger partial charge in [-0.15, -0.1) is 0 Å². The Morgan fingerprint density at radius 3 is 1.67 bits per heavy atom. The molecular weight excluding hydrogens is 432 g/mol. The third-order valence-electron chi connectivity index (χ3n) is 3.11. The van der Waals surface area contributed by atoms with Crippen LogP contribution in [-0.2, 0) is 13.2 Å². The Morgan fingerprint density at radius 1 is 0.708 bits per heavy atom. The van der Waals surface area contributed by atoms with Crippen LogP contribution in [0.5, 0.6) is 5.75 Å².